The lowest BCUT2D eigenvalue weighted by molar-refractivity contribution is 0.157. The van der Waals surface area contributed by atoms with Gasteiger partial charge in [0.25, 0.3) is 0 Å². The number of benzene rings is 5. The van der Waals surface area contributed by atoms with Gasteiger partial charge < -0.3 is 4.90 Å². The van der Waals surface area contributed by atoms with E-state index >= 15 is 0 Å². The van der Waals surface area contributed by atoms with Crippen molar-refractivity contribution in [3.63, 3.8) is 0 Å². The zero-order valence-corrected chi connectivity index (χ0v) is 30.9. The van der Waals surface area contributed by atoms with Gasteiger partial charge in [0.05, 0.1) is 16.3 Å². The lowest BCUT2D eigenvalue weighted by Gasteiger charge is -2.39. The van der Waals surface area contributed by atoms with Gasteiger partial charge in [-0.15, -0.1) is 11.3 Å². The number of thiophene rings is 1. The number of anilines is 1. The first-order chi connectivity index (χ1) is 23.4. The topological polar surface area (TPSA) is 3.24 Å². The molecule has 244 valence electrons. The Hall–Kier alpha value is -4.34. The number of fused-ring (bicyclic) bond motifs is 8. The van der Waals surface area contributed by atoms with Crippen LogP contribution in [-0.4, -0.2) is 7.28 Å². The molecule has 1 nitrogen and oxygen atoms in total. The molecule has 0 N–H and O–H groups in total. The Kier molecular flexibility index (Phi) is 7.57. The van der Waals surface area contributed by atoms with Gasteiger partial charge in [-0.1, -0.05) is 132 Å². The van der Waals surface area contributed by atoms with Gasteiger partial charge in [-0.25, -0.2) is 0 Å². The van der Waals surface area contributed by atoms with Gasteiger partial charge in [-0.05, 0) is 105 Å². The van der Waals surface area contributed by atoms with E-state index in [4.69, 9.17) is 6.58 Å². The van der Waals surface area contributed by atoms with Crippen molar-refractivity contribution >= 4 is 84.9 Å². The molecule has 5 aromatic carbocycles. The van der Waals surface area contributed by atoms with Crippen molar-refractivity contribution < 1.29 is 0 Å². The van der Waals surface area contributed by atoms with Crippen molar-refractivity contribution in [2.24, 2.45) is 10.8 Å². The van der Waals surface area contributed by atoms with Crippen molar-refractivity contribution in [3.05, 3.63) is 130 Å². The second-order valence-electron chi connectivity index (χ2n) is 16.0. The van der Waals surface area contributed by atoms with Crippen LogP contribution in [0.4, 0.5) is 5.69 Å². The Morgan fingerprint density at radius 3 is 2.39 bits per heavy atom. The average Bonchev–Trinajstić information content (AvgIpc) is 3.48. The highest BCUT2D eigenvalue weighted by molar-refractivity contribution is 7.20. The lowest BCUT2D eigenvalue weighted by atomic mass is 9.53. The largest absolute Gasteiger partial charge is 0.309 e. The van der Waals surface area contributed by atoms with Gasteiger partial charge >= 0.3 is 0 Å². The third kappa shape index (κ3) is 5.21. The van der Waals surface area contributed by atoms with Gasteiger partial charge in [0.15, 0.2) is 7.28 Å². The molecule has 0 saturated heterocycles. The minimum absolute atomic E-state index is 0.256. The van der Waals surface area contributed by atoms with Gasteiger partial charge in [0.2, 0.25) is 0 Å². The second-order valence-corrected chi connectivity index (χ2v) is 17.0. The van der Waals surface area contributed by atoms with Crippen LogP contribution in [0.5, 0.6) is 0 Å². The number of aryl methyl sites for hydroxylation is 2. The van der Waals surface area contributed by atoms with E-state index in [0.29, 0.717) is 0 Å². The molecule has 3 heteroatoms. The Morgan fingerprint density at radius 2 is 1.61 bits per heavy atom. The van der Waals surface area contributed by atoms with Crippen molar-refractivity contribution in [1.82, 2.24) is 0 Å². The SMILES string of the molecule is C=C1c2sc3ccc4ccccc4c3c2C=C(c2ccc(BCC(C)(C)C(C)(C)C)cc2)N1c1ccc2c3c(c(C)cc2c1C)CCC=C3. The van der Waals surface area contributed by atoms with E-state index < -0.39 is 0 Å². The summed E-state index contributed by atoms with van der Waals surface area (Å²) in [6.45, 7) is 21.3. The first kappa shape index (κ1) is 31.9. The highest BCUT2D eigenvalue weighted by Crippen LogP contribution is 2.50. The number of nitrogens with zero attached hydrogens (tertiary/aromatic N) is 1. The van der Waals surface area contributed by atoms with Crippen molar-refractivity contribution in [3.8, 4) is 0 Å². The van der Waals surface area contributed by atoms with Crippen LogP contribution in [0, 0.1) is 24.7 Å². The van der Waals surface area contributed by atoms with E-state index in [1.807, 2.05) is 11.3 Å². The third-order valence-electron chi connectivity index (χ3n) is 12.0. The molecule has 49 heavy (non-hydrogen) atoms. The van der Waals surface area contributed by atoms with Gasteiger partial charge in [0.1, 0.15) is 0 Å². The summed E-state index contributed by atoms with van der Waals surface area (Å²) in [7, 11) is 1.08. The maximum Gasteiger partial charge on any atom is 0.158 e. The van der Waals surface area contributed by atoms with Crippen molar-refractivity contribution in [2.45, 2.75) is 67.6 Å². The Labute approximate surface area is 296 Å². The van der Waals surface area contributed by atoms with E-state index in [1.165, 1.54) is 86.7 Å². The molecule has 1 aromatic heterocycles. The van der Waals surface area contributed by atoms with Crippen LogP contribution in [0.15, 0.2) is 91.5 Å². The smallest absolute Gasteiger partial charge is 0.158 e. The molecule has 0 atom stereocenters. The molecule has 0 spiro atoms. The van der Waals surface area contributed by atoms with Crippen LogP contribution in [0.1, 0.15) is 79.3 Å². The molecule has 2 aliphatic rings. The summed E-state index contributed by atoms with van der Waals surface area (Å²) < 4.78 is 1.31. The predicted octanol–water partition coefficient (Wildman–Crippen LogP) is 12.3. The van der Waals surface area contributed by atoms with E-state index in [2.05, 4.69) is 150 Å². The summed E-state index contributed by atoms with van der Waals surface area (Å²) in [5.41, 5.74) is 13.4. The molecule has 2 heterocycles. The first-order valence-corrected chi connectivity index (χ1v) is 18.7. The molecule has 0 amide bonds. The molecule has 0 radical (unpaired) electrons. The normalized spacial score (nSPS) is 14.8. The average molecular weight is 656 g/mol. The standard InChI is InChI=1S/C46H46BNS/c1-28-25-38-29(2)40(23-22-37(38)36-16-12-11-14-34(28)36)48-30(3)44-39(43-35-15-10-9-13-31(35)19-24-42(43)49-44)26-41(48)32-17-20-33(21-18-32)47-27-46(7,8)45(4,5)6/h9-10,12-13,15-26,47H,3,11,14,27H2,1-2,4-8H3. The third-order valence-corrected chi connectivity index (χ3v) is 13.2. The monoisotopic (exact) mass is 655 g/mol. The summed E-state index contributed by atoms with van der Waals surface area (Å²) in [5, 5.41) is 6.60. The van der Waals surface area contributed by atoms with Crippen LogP contribution >= 0.6 is 11.3 Å². The minimum Gasteiger partial charge on any atom is -0.309 e. The molecular formula is C46H46BNS. The van der Waals surface area contributed by atoms with E-state index in [9.17, 15) is 0 Å². The summed E-state index contributed by atoms with van der Waals surface area (Å²) in [4.78, 5) is 3.69. The molecule has 1 aliphatic heterocycles. The molecule has 6 aromatic rings. The fourth-order valence-electron chi connectivity index (χ4n) is 7.86. The first-order valence-electron chi connectivity index (χ1n) is 17.9. The molecule has 1 aliphatic carbocycles. The van der Waals surface area contributed by atoms with Crippen LogP contribution < -0.4 is 10.4 Å². The molecule has 0 bridgehead atoms. The summed E-state index contributed by atoms with van der Waals surface area (Å²) in [6.07, 6.45) is 10.5. The Balaban J connectivity index is 1.29. The quantitative estimate of drug-likeness (QED) is 0.167. The molecule has 0 saturated carbocycles. The lowest BCUT2D eigenvalue weighted by Crippen LogP contribution is -2.33. The molecule has 8 rings (SSSR count). The Bertz CT molecular complexity index is 2380. The number of hydrogen-bond donors (Lipinski definition) is 0. The van der Waals surface area contributed by atoms with Crippen molar-refractivity contribution in [2.75, 3.05) is 4.90 Å². The maximum absolute atomic E-state index is 4.85. The molecule has 0 unspecified atom stereocenters. The van der Waals surface area contributed by atoms with Crippen LogP contribution in [-0.2, 0) is 6.42 Å². The maximum atomic E-state index is 4.85. The van der Waals surface area contributed by atoms with Crippen LogP contribution in [0.3, 0.4) is 0 Å². The van der Waals surface area contributed by atoms with Crippen LogP contribution in [0.25, 0.3) is 55.2 Å². The highest BCUT2D eigenvalue weighted by atomic mass is 32.1. The van der Waals surface area contributed by atoms with Crippen LogP contribution in [0.2, 0.25) is 6.32 Å². The molecule has 0 fully saturated rings. The number of hydrogen-bond acceptors (Lipinski definition) is 2. The number of allylic oxidation sites excluding steroid dienone is 1. The predicted molar refractivity (Wildman–Crippen MR) is 221 cm³/mol. The highest BCUT2D eigenvalue weighted by Gasteiger charge is 2.33. The van der Waals surface area contributed by atoms with Gasteiger partial charge in [0, 0.05) is 21.3 Å². The fourth-order valence-corrected chi connectivity index (χ4v) is 9.02. The van der Waals surface area contributed by atoms with E-state index in [1.54, 1.807) is 0 Å². The van der Waals surface area contributed by atoms with Crippen molar-refractivity contribution in [1.29, 1.82) is 0 Å². The summed E-state index contributed by atoms with van der Waals surface area (Å²) in [6, 6.07) is 29.8. The van der Waals surface area contributed by atoms with Gasteiger partial charge in [-0.2, -0.15) is 0 Å². The second kappa shape index (κ2) is 11.6. The summed E-state index contributed by atoms with van der Waals surface area (Å²) in [5.74, 6) is 0. The van der Waals surface area contributed by atoms with E-state index in [0.717, 1.165) is 32.1 Å². The zero-order chi connectivity index (χ0) is 34.2. The zero-order valence-electron chi connectivity index (χ0n) is 30.1. The molecular weight excluding hydrogens is 609 g/mol. The minimum atomic E-state index is 0.256. The summed E-state index contributed by atoms with van der Waals surface area (Å²) >= 11 is 1.87. The fraction of sp³-hybridized carbons (Fsp3) is 0.261. The number of rotatable bonds is 5. The Morgan fingerprint density at radius 1 is 0.837 bits per heavy atom. The van der Waals surface area contributed by atoms with E-state index in [-0.39, 0.29) is 10.8 Å². The van der Waals surface area contributed by atoms with Gasteiger partial charge in [-0.3, -0.25) is 0 Å².